The van der Waals surface area contributed by atoms with E-state index < -0.39 is 5.97 Å². The molecule has 0 saturated heterocycles. The number of carbonyl (C=O) groups is 2. The summed E-state index contributed by atoms with van der Waals surface area (Å²) < 4.78 is 10.8. The summed E-state index contributed by atoms with van der Waals surface area (Å²) in [6.45, 7) is -0.111. The van der Waals surface area contributed by atoms with Gasteiger partial charge in [0.25, 0.3) is 0 Å². The molecule has 25 heavy (non-hydrogen) atoms. The van der Waals surface area contributed by atoms with Crippen LogP contribution in [0.25, 0.3) is 5.69 Å². The number of nitrogen functional groups attached to an aromatic ring is 1. The van der Waals surface area contributed by atoms with Crippen molar-refractivity contribution < 1.29 is 19.1 Å². The number of amides is 1. The van der Waals surface area contributed by atoms with E-state index in [2.05, 4.69) is 5.32 Å². The average molecular weight is 363 g/mol. The predicted molar refractivity (Wildman–Crippen MR) is 91.8 cm³/mol. The fourth-order valence-corrected chi connectivity index (χ4v) is 2.42. The predicted octanol–water partition coefficient (Wildman–Crippen LogP) is 1.96. The van der Waals surface area contributed by atoms with E-state index in [1.54, 1.807) is 18.2 Å². The highest BCUT2D eigenvalue weighted by Crippen LogP contribution is 2.30. The number of hydrogen-bond donors (Lipinski definition) is 2. The first-order chi connectivity index (χ1) is 11.9. The summed E-state index contributed by atoms with van der Waals surface area (Å²) in [5.41, 5.74) is 6.71. The molecule has 1 aromatic heterocycles. The highest BCUT2D eigenvalue weighted by atomic mass is 35.5. The lowest BCUT2D eigenvalue weighted by Gasteiger charge is -2.12. The third-order valence-electron chi connectivity index (χ3n) is 3.31. The number of nitriles is 1. The molecule has 2 aromatic rings. The molecule has 0 aliphatic heterocycles. The lowest BCUT2D eigenvalue weighted by Crippen LogP contribution is -2.17. The Morgan fingerprint density at radius 2 is 2.12 bits per heavy atom. The summed E-state index contributed by atoms with van der Waals surface area (Å²) in [5.74, 6) is -1.07. The van der Waals surface area contributed by atoms with Gasteiger partial charge >= 0.3 is 5.97 Å². The van der Waals surface area contributed by atoms with Crippen molar-refractivity contribution in [1.82, 2.24) is 4.57 Å². The highest BCUT2D eigenvalue weighted by molar-refractivity contribution is 6.32. The first kappa shape index (κ1) is 18.3. The van der Waals surface area contributed by atoms with Crippen LogP contribution in [0.3, 0.4) is 0 Å². The first-order valence-corrected chi connectivity index (χ1v) is 7.38. The van der Waals surface area contributed by atoms with E-state index >= 15 is 0 Å². The van der Waals surface area contributed by atoms with E-state index in [-0.39, 0.29) is 34.5 Å². The Hall–Kier alpha value is -3.02. The van der Waals surface area contributed by atoms with Crippen LogP contribution in [0.4, 0.5) is 11.4 Å². The molecule has 130 valence electrons. The maximum absolute atomic E-state index is 12.1. The van der Waals surface area contributed by atoms with Crippen LogP contribution in [0, 0.1) is 11.3 Å². The number of anilines is 2. The maximum atomic E-state index is 12.1. The van der Waals surface area contributed by atoms with Crippen LogP contribution in [0.15, 0.2) is 24.4 Å². The number of nitrogens with zero attached hydrogens (tertiary/aromatic N) is 2. The number of hydrogen-bond acceptors (Lipinski definition) is 6. The Balaban J connectivity index is 2.56. The molecule has 0 aliphatic rings. The number of benzene rings is 1. The monoisotopic (exact) mass is 362 g/mol. The lowest BCUT2D eigenvalue weighted by atomic mass is 10.2. The second-order valence-corrected chi connectivity index (χ2v) is 5.33. The van der Waals surface area contributed by atoms with E-state index in [1.807, 2.05) is 6.07 Å². The molecular formula is C16H15ClN4O4. The van der Waals surface area contributed by atoms with Crippen molar-refractivity contribution in [3.8, 4) is 11.8 Å². The normalized spacial score (nSPS) is 10.2. The van der Waals surface area contributed by atoms with Crippen molar-refractivity contribution in [2.45, 2.75) is 0 Å². The first-order valence-electron chi connectivity index (χ1n) is 7.00. The van der Waals surface area contributed by atoms with E-state index in [0.717, 1.165) is 0 Å². The number of aromatic nitrogens is 1. The number of nitrogens with one attached hydrogen (secondary N) is 1. The number of halogens is 1. The van der Waals surface area contributed by atoms with Gasteiger partial charge in [0.05, 0.1) is 29.1 Å². The number of carbonyl (C=O) groups excluding carboxylic acids is 2. The third kappa shape index (κ3) is 3.74. The third-order valence-corrected chi connectivity index (χ3v) is 3.63. The molecule has 8 nitrogen and oxygen atoms in total. The summed E-state index contributed by atoms with van der Waals surface area (Å²) in [7, 11) is 2.61. The second kappa shape index (κ2) is 7.70. The molecule has 0 atom stereocenters. The highest BCUT2D eigenvalue weighted by Gasteiger charge is 2.23. The van der Waals surface area contributed by atoms with E-state index in [9.17, 15) is 9.59 Å². The summed E-state index contributed by atoms with van der Waals surface area (Å²) in [6, 6.07) is 6.59. The molecular weight excluding hydrogens is 348 g/mol. The lowest BCUT2D eigenvalue weighted by molar-refractivity contribution is -0.119. The van der Waals surface area contributed by atoms with Crippen LogP contribution in [0.5, 0.6) is 0 Å². The van der Waals surface area contributed by atoms with Gasteiger partial charge in [-0.1, -0.05) is 11.6 Å². The molecule has 0 spiro atoms. The van der Waals surface area contributed by atoms with Gasteiger partial charge in [0, 0.05) is 19.0 Å². The van der Waals surface area contributed by atoms with Crippen LogP contribution in [0.1, 0.15) is 16.1 Å². The Morgan fingerprint density at radius 3 is 2.72 bits per heavy atom. The van der Waals surface area contributed by atoms with Gasteiger partial charge in [-0.25, -0.2) is 4.79 Å². The van der Waals surface area contributed by atoms with Crippen molar-refractivity contribution in [2.24, 2.45) is 0 Å². The molecule has 1 heterocycles. The average Bonchev–Trinajstić information content (AvgIpc) is 2.92. The van der Waals surface area contributed by atoms with Gasteiger partial charge in [-0.05, 0) is 18.2 Å². The summed E-state index contributed by atoms with van der Waals surface area (Å²) in [4.78, 5) is 23.7. The summed E-state index contributed by atoms with van der Waals surface area (Å²) in [5, 5.41) is 12.1. The zero-order valence-electron chi connectivity index (χ0n) is 13.5. The maximum Gasteiger partial charge on any atom is 0.357 e. The van der Waals surface area contributed by atoms with E-state index in [0.29, 0.717) is 11.4 Å². The quantitative estimate of drug-likeness (QED) is 0.784. The largest absolute Gasteiger partial charge is 0.464 e. The second-order valence-electron chi connectivity index (χ2n) is 4.93. The standard InChI is InChI=1S/C16H15ClN4O4/c1-24-8-13(22)20-10-3-4-11(17)12(5-10)21-7-9(6-18)14(19)15(21)16(23)25-2/h3-5,7H,8,19H2,1-2H3,(H,20,22). The minimum Gasteiger partial charge on any atom is -0.464 e. The van der Waals surface area contributed by atoms with Gasteiger partial charge in [-0.2, -0.15) is 5.26 Å². The topological polar surface area (TPSA) is 119 Å². The molecule has 0 unspecified atom stereocenters. The number of rotatable bonds is 5. The van der Waals surface area contributed by atoms with Gasteiger partial charge in [-0.3, -0.25) is 4.79 Å². The van der Waals surface area contributed by atoms with Crippen LogP contribution in [-0.4, -0.2) is 37.3 Å². The van der Waals surface area contributed by atoms with Crippen LogP contribution >= 0.6 is 11.6 Å². The van der Waals surface area contributed by atoms with E-state index in [1.165, 1.54) is 25.0 Å². The van der Waals surface area contributed by atoms with Crippen molar-refractivity contribution in [2.75, 3.05) is 31.9 Å². The van der Waals surface area contributed by atoms with Crippen LogP contribution in [0.2, 0.25) is 5.02 Å². The molecule has 0 fully saturated rings. The molecule has 9 heteroatoms. The molecule has 3 N–H and O–H groups in total. The zero-order valence-corrected chi connectivity index (χ0v) is 14.3. The Bertz CT molecular complexity index is 870. The SMILES string of the molecule is COCC(=O)Nc1ccc(Cl)c(-n2cc(C#N)c(N)c2C(=O)OC)c1. The Labute approximate surface area is 148 Å². The molecule has 1 amide bonds. The zero-order chi connectivity index (χ0) is 18.6. The molecule has 0 bridgehead atoms. The smallest absolute Gasteiger partial charge is 0.357 e. The Kier molecular flexibility index (Phi) is 5.64. The number of nitrogens with two attached hydrogens (primary N) is 1. The molecule has 0 aliphatic carbocycles. The minimum absolute atomic E-state index is 0.0146. The van der Waals surface area contributed by atoms with Gasteiger partial charge in [0.15, 0.2) is 5.69 Å². The van der Waals surface area contributed by atoms with Crippen molar-refractivity contribution in [1.29, 1.82) is 5.26 Å². The number of methoxy groups -OCH3 is 2. The van der Waals surface area contributed by atoms with Gasteiger partial charge < -0.3 is 25.1 Å². The van der Waals surface area contributed by atoms with Crippen molar-refractivity contribution in [3.05, 3.63) is 40.7 Å². The number of ether oxygens (including phenoxy) is 2. The molecule has 0 radical (unpaired) electrons. The van der Waals surface area contributed by atoms with E-state index in [4.69, 9.17) is 32.1 Å². The van der Waals surface area contributed by atoms with Crippen LogP contribution in [-0.2, 0) is 14.3 Å². The summed E-state index contributed by atoms with van der Waals surface area (Å²) in [6.07, 6.45) is 1.38. The van der Waals surface area contributed by atoms with Gasteiger partial charge in [0.2, 0.25) is 5.91 Å². The fourth-order valence-electron chi connectivity index (χ4n) is 2.21. The molecule has 2 rings (SSSR count). The minimum atomic E-state index is -0.719. The Morgan fingerprint density at radius 1 is 1.40 bits per heavy atom. The van der Waals surface area contributed by atoms with Crippen molar-refractivity contribution in [3.63, 3.8) is 0 Å². The van der Waals surface area contributed by atoms with Crippen molar-refractivity contribution >= 4 is 34.9 Å². The fraction of sp³-hybridized carbons (Fsp3) is 0.188. The molecule has 0 saturated carbocycles. The summed E-state index contributed by atoms with van der Waals surface area (Å²) >= 11 is 6.22. The number of esters is 1. The molecule has 1 aromatic carbocycles. The van der Waals surface area contributed by atoms with Gasteiger partial charge in [0.1, 0.15) is 12.7 Å². The van der Waals surface area contributed by atoms with Gasteiger partial charge in [-0.15, -0.1) is 0 Å². The van der Waals surface area contributed by atoms with Crippen LogP contribution < -0.4 is 11.1 Å².